The Kier molecular flexibility index (Phi) is 5.04. The normalized spacial score (nSPS) is 13.9. The number of nitrogens with one attached hydrogen (secondary N) is 1. The summed E-state index contributed by atoms with van der Waals surface area (Å²) in [6, 6.07) is 3.37. The van der Waals surface area contributed by atoms with Crippen molar-refractivity contribution in [1.82, 2.24) is 0 Å². The van der Waals surface area contributed by atoms with Gasteiger partial charge in [-0.15, -0.1) is 0 Å². The first-order valence-corrected chi connectivity index (χ1v) is 6.67. The van der Waals surface area contributed by atoms with Gasteiger partial charge in [0, 0.05) is 18.2 Å². The lowest BCUT2D eigenvalue weighted by Gasteiger charge is -2.26. The third-order valence-corrected chi connectivity index (χ3v) is 3.52. The molecule has 6 heteroatoms. The van der Waals surface area contributed by atoms with E-state index in [4.69, 9.17) is 5.73 Å². The van der Waals surface area contributed by atoms with E-state index in [9.17, 15) is 18.0 Å². The monoisotopic (exact) mass is 302 g/mol. The van der Waals surface area contributed by atoms with E-state index in [0.29, 0.717) is 5.56 Å². The van der Waals surface area contributed by atoms with Crippen LogP contribution in [0.5, 0.6) is 0 Å². The van der Waals surface area contributed by atoms with Crippen molar-refractivity contribution in [1.29, 1.82) is 0 Å². The molecule has 0 fully saturated rings. The Labute approximate surface area is 122 Å². The van der Waals surface area contributed by atoms with Gasteiger partial charge in [0.2, 0.25) is 5.91 Å². The van der Waals surface area contributed by atoms with E-state index in [1.807, 2.05) is 20.8 Å². The number of benzene rings is 1. The largest absolute Gasteiger partial charge is 0.416 e. The van der Waals surface area contributed by atoms with Crippen LogP contribution in [0.1, 0.15) is 38.8 Å². The SMILES string of the molecule is CC(C(=O)Nc1cc(CN)cc(C(F)(F)F)c1)C(C)(C)C. The molecular formula is C15H21F3N2O. The molecule has 0 aliphatic heterocycles. The summed E-state index contributed by atoms with van der Waals surface area (Å²) in [5.74, 6) is -0.654. The summed E-state index contributed by atoms with van der Waals surface area (Å²) in [6.45, 7) is 7.41. The maximum Gasteiger partial charge on any atom is 0.416 e. The lowest BCUT2D eigenvalue weighted by molar-refractivity contribution is -0.137. The minimum Gasteiger partial charge on any atom is -0.326 e. The molecule has 0 saturated carbocycles. The first-order chi connectivity index (χ1) is 9.45. The number of hydrogen-bond donors (Lipinski definition) is 2. The highest BCUT2D eigenvalue weighted by Gasteiger charge is 2.32. The molecule has 1 atom stereocenters. The number of carbonyl (C=O) groups is 1. The van der Waals surface area contributed by atoms with Gasteiger partial charge in [0.1, 0.15) is 0 Å². The average molecular weight is 302 g/mol. The van der Waals surface area contributed by atoms with Crippen molar-refractivity contribution in [3.05, 3.63) is 29.3 Å². The summed E-state index contributed by atoms with van der Waals surface area (Å²) in [4.78, 5) is 12.1. The van der Waals surface area contributed by atoms with Gasteiger partial charge in [0.05, 0.1) is 5.56 Å². The predicted octanol–water partition coefficient (Wildman–Crippen LogP) is 3.78. The van der Waals surface area contributed by atoms with Crippen molar-refractivity contribution in [2.24, 2.45) is 17.1 Å². The molecule has 0 bridgehead atoms. The zero-order valence-electron chi connectivity index (χ0n) is 12.6. The molecule has 1 amide bonds. The number of rotatable bonds is 3. The first-order valence-electron chi connectivity index (χ1n) is 6.67. The van der Waals surface area contributed by atoms with Crippen LogP contribution in [0.25, 0.3) is 0 Å². The highest BCUT2D eigenvalue weighted by atomic mass is 19.4. The molecule has 0 radical (unpaired) electrons. The molecule has 0 aliphatic carbocycles. The molecule has 3 N–H and O–H groups in total. The Morgan fingerprint density at radius 2 is 1.81 bits per heavy atom. The number of alkyl halides is 3. The van der Waals surface area contributed by atoms with Crippen LogP contribution in [-0.2, 0) is 17.5 Å². The van der Waals surface area contributed by atoms with Crippen LogP contribution < -0.4 is 11.1 Å². The summed E-state index contributed by atoms with van der Waals surface area (Å²) in [5, 5.41) is 2.54. The standard InChI is InChI=1S/C15H21F3N2O/c1-9(14(2,3)4)13(21)20-12-6-10(8-19)5-11(7-12)15(16,17)18/h5-7,9H,8,19H2,1-4H3,(H,20,21). The minimum absolute atomic E-state index is 0.0262. The predicted molar refractivity (Wildman–Crippen MR) is 76.6 cm³/mol. The maximum absolute atomic E-state index is 12.8. The zero-order valence-corrected chi connectivity index (χ0v) is 12.6. The summed E-state index contributed by atoms with van der Waals surface area (Å²) in [7, 11) is 0. The van der Waals surface area contributed by atoms with Crippen LogP contribution in [0.15, 0.2) is 18.2 Å². The molecule has 1 aromatic rings. The lowest BCUT2D eigenvalue weighted by Crippen LogP contribution is -2.30. The number of carbonyl (C=O) groups excluding carboxylic acids is 1. The van der Waals surface area contributed by atoms with Gasteiger partial charge in [-0.1, -0.05) is 27.7 Å². The lowest BCUT2D eigenvalue weighted by atomic mass is 9.81. The van der Waals surface area contributed by atoms with Crippen molar-refractivity contribution in [2.75, 3.05) is 5.32 Å². The van der Waals surface area contributed by atoms with E-state index < -0.39 is 11.7 Å². The number of amides is 1. The maximum atomic E-state index is 12.8. The number of halogens is 3. The van der Waals surface area contributed by atoms with Crippen molar-refractivity contribution >= 4 is 11.6 Å². The van der Waals surface area contributed by atoms with Gasteiger partial charge in [-0.2, -0.15) is 13.2 Å². The second kappa shape index (κ2) is 6.05. The quantitative estimate of drug-likeness (QED) is 0.892. The van der Waals surface area contributed by atoms with E-state index >= 15 is 0 Å². The zero-order chi connectivity index (χ0) is 16.4. The highest BCUT2D eigenvalue weighted by Crippen LogP contribution is 2.32. The number of anilines is 1. The number of hydrogen-bond acceptors (Lipinski definition) is 2. The Bertz CT molecular complexity index is 519. The van der Waals surface area contributed by atoms with Gasteiger partial charge in [-0.25, -0.2) is 0 Å². The van der Waals surface area contributed by atoms with Gasteiger partial charge >= 0.3 is 6.18 Å². The summed E-state index contributed by atoms with van der Waals surface area (Å²) < 4.78 is 38.4. The van der Waals surface area contributed by atoms with Crippen LogP contribution in [0.3, 0.4) is 0 Å². The Morgan fingerprint density at radius 3 is 2.24 bits per heavy atom. The van der Waals surface area contributed by atoms with Crippen molar-refractivity contribution < 1.29 is 18.0 Å². The second-order valence-corrected chi connectivity index (χ2v) is 6.20. The molecule has 3 nitrogen and oxygen atoms in total. The fourth-order valence-corrected chi connectivity index (χ4v) is 1.69. The molecule has 1 unspecified atom stereocenters. The molecule has 0 saturated heterocycles. The van der Waals surface area contributed by atoms with Crippen molar-refractivity contribution in [3.63, 3.8) is 0 Å². The van der Waals surface area contributed by atoms with E-state index in [0.717, 1.165) is 12.1 Å². The third-order valence-electron chi connectivity index (χ3n) is 3.52. The molecule has 1 rings (SSSR count). The van der Waals surface area contributed by atoms with Gasteiger partial charge in [0.25, 0.3) is 0 Å². The third kappa shape index (κ3) is 4.74. The van der Waals surface area contributed by atoms with Crippen LogP contribution in [0.2, 0.25) is 0 Å². The van der Waals surface area contributed by atoms with Gasteiger partial charge in [-0.05, 0) is 29.2 Å². The number of nitrogens with two attached hydrogens (primary N) is 1. The minimum atomic E-state index is -4.47. The van der Waals surface area contributed by atoms with E-state index in [2.05, 4.69) is 5.32 Å². The summed E-state index contributed by atoms with van der Waals surface area (Å²) >= 11 is 0. The van der Waals surface area contributed by atoms with E-state index in [-0.39, 0.29) is 29.5 Å². The topological polar surface area (TPSA) is 55.1 Å². The molecule has 0 aliphatic rings. The summed E-state index contributed by atoms with van der Waals surface area (Å²) in [6.07, 6.45) is -4.47. The van der Waals surface area contributed by atoms with Crippen LogP contribution in [-0.4, -0.2) is 5.91 Å². The van der Waals surface area contributed by atoms with Crippen LogP contribution in [0, 0.1) is 11.3 Å². The van der Waals surface area contributed by atoms with E-state index in [1.54, 1.807) is 6.92 Å². The first kappa shape index (κ1) is 17.5. The van der Waals surface area contributed by atoms with Crippen molar-refractivity contribution in [3.8, 4) is 0 Å². The van der Waals surface area contributed by atoms with Gasteiger partial charge < -0.3 is 11.1 Å². The van der Waals surface area contributed by atoms with Crippen LogP contribution in [0.4, 0.5) is 18.9 Å². The van der Waals surface area contributed by atoms with Crippen LogP contribution >= 0.6 is 0 Å². The van der Waals surface area contributed by atoms with Gasteiger partial charge in [0.15, 0.2) is 0 Å². The molecule has 21 heavy (non-hydrogen) atoms. The van der Waals surface area contributed by atoms with E-state index in [1.165, 1.54) is 6.07 Å². The molecule has 0 spiro atoms. The molecular weight excluding hydrogens is 281 g/mol. The Hall–Kier alpha value is -1.56. The fourth-order valence-electron chi connectivity index (χ4n) is 1.69. The average Bonchev–Trinajstić information content (AvgIpc) is 2.35. The smallest absolute Gasteiger partial charge is 0.326 e. The summed E-state index contributed by atoms with van der Waals surface area (Å²) in [5.41, 5.74) is 4.76. The Balaban J connectivity index is 3.06. The molecule has 1 aromatic carbocycles. The highest BCUT2D eigenvalue weighted by molar-refractivity contribution is 5.93. The van der Waals surface area contributed by atoms with Crippen molar-refractivity contribution in [2.45, 2.75) is 40.4 Å². The molecule has 0 aromatic heterocycles. The fraction of sp³-hybridized carbons (Fsp3) is 0.533. The molecule has 0 heterocycles. The second-order valence-electron chi connectivity index (χ2n) is 6.20. The Morgan fingerprint density at radius 1 is 1.24 bits per heavy atom. The van der Waals surface area contributed by atoms with Gasteiger partial charge in [-0.3, -0.25) is 4.79 Å². The molecule has 118 valence electrons.